The summed E-state index contributed by atoms with van der Waals surface area (Å²) in [6.07, 6.45) is 1.12. The number of hydrogen-bond acceptors (Lipinski definition) is 5. The zero-order valence-corrected chi connectivity index (χ0v) is 12.1. The van der Waals surface area contributed by atoms with Crippen molar-refractivity contribution in [1.82, 2.24) is 0 Å². The molecule has 0 aliphatic rings. The Morgan fingerprint density at radius 3 is 2.26 bits per heavy atom. The van der Waals surface area contributed by atoms with Gasteiger partial charge in [-0.1, -0.05) is 29.8 Å². The van der Waals surface area contributed by atoms with Gasteiger partial charge < -0.3 is 15.3 Å². The Balaban J connectivity index is 2.60. The van der Waals surface area contributed by atoms with E-state index in [4.69, 9.17) is 0 Å². The number of carbonyl (C=O) groups is 1. The van der Waals surface area contributed by atoms with Crippen LogP contribution in [0.1, 0.15) is 16.7 Å². The molecule has 23 heavy (non-hydrogen) atoms. The third-order valence-corrected chi connectivity index (χ3v) is 3.21. The Morgan fingerprint density at radius 2 is 1.74 bits per heavy atom. The number of phenols is 2. The van der Waals surface area contributed by atoms with Gasteiger partial charge in [0.05, 0.1) is 10.5 Å². The summed E-state index contributed by atoms with van der Waals surface area (Å²) in [5.74, 6) is -2.40. The number of carboxylic acids is 1. The number of aromatic hydroxyl groups is 2. The van der Waals surface area contributed by atoms with Crippen molar-refractivity contribution in [3.8, 4) is 11.5 Å². The number of nitrogens with zero attached hydrogens (tertiary/aromatic N) is 1. The van der Waals surface area contributed by atoms with Gasteiger partial charge in [-0.3, -0.25) is 10.1 Å². The molecule has 0 aromatic heterocycles. The lowest BCUT2D eigenvalue weighted by Crippen LogP contribution is -2.00. The van der Waals surface area contributed by atoms with Crippen LogP contribution >= 0.6 is 0 Å². The zero-order valence-electron chi connectivity index (χ0n) is 12.1. The van der Waals surface area contributed by atoms with Gasteiger partial charge in [0, 0.05) is 17.7 Å². The number of aryl methyl sites for hydroxylation is 1. The van der Waals surface area contributed by atoms with Crippen molar-refractivity contribution >= 4 is 23.3 Å². The number of phenolic OH excluding ortho intramolecular Hbond substituents is 2. The Bertz CT molecular complexity index is 808. The van der Waals surface area contributed by atoms with Crippen LogP contribution in [-0.4, -0.2) is 26.2 Å². The van der Waals surface area contributed by atoms with E-state index in [1.807, 2.05) is 6.92 Å². The van der Waals surface area contributed by atoms with Crippen LogP contribution < -0.4 is 0 Å². The summed E-state index contributed by atoms with van der Waals surface area (Å²) in [5.41, 5.74) is 0.496. The lowest BCUT2D eigenvalue weighted by atomic mass is 10.0. The first-order valence-corrected chi connectivity index (χ1v) is 6.52. The molecule has 0 aliphatic heterocycles. The number of rotatable bonds is 4. The lowest BCUT2D eigenvalue weighted by Gasteiger charge is -2.06. The van der Waals surface area contributed by atoms with E-state index in [1.165, 1.54) is 0 Å². The highest BCUT2D eigenvalue weighted by Crippen LogP contribution is 2.35. The standard InChI is InChI=1S/C16H13NO6/c1-9-2-4-10(5-3-9)12(16(20)21)6-11-7-13(17(22)23)15(19)8-14(11)18/h2-8,18-19H,1H3,(H,20,21)/b12-6-. The van der Waals surface area contributed by atoms with Gasteiger partial charge in [-0.15, -0.1) is 0 Å². The first-order valence-electron chi connectivity index (χ1n) is 6.52. The van der Waals surface area contributed by atoms with Crippen molar-refractivity contribution in [2.45, 2.75) is 6.92 Å². The molecule has 2 aromatic rings. The molecule has 0 radical (unpaired) electrons. The monoisotopic (exact) mass is 315 g/mol. The second kappa shape index (κ2) is 6.18. The Labute approximate surface area is 130 Å². The second-order valence-electron chi connectivity index (χ2n) is 4.89. The van der Waals surface area contributed by atoms with Crippen molar-refractivity contribution in [3.63, 3.8) is 0 Å². The summed E-state index contributed by atoms with van der Waals surface area (Å²) in [4.78, 5) is 21.5. The molecule has 0 spiro atoms. The van der Waals surface area contributed by atoms with Crippen molar-refractivity contribution in [1.29, 1.82) is 0 Å². The van der Waals surface area contributed by atoms with Crippen molar-refractivity contribution < 1.29 is 25.0 Å². The van der Waals surface area contributed by atoms with E-state index < -0.39 is 28.1 Å². The molecule has 0 unspecified atom stereocenters. The van der Waals surface area contributed by atoms with Gasteiger partial charge in [0.2, 0.25) is 0 Å². The topological polar surface area (TPSA) is 121 Å². The molecule has 7 nitrogen and oxygen atoms in total. The Morgan fingerprint density at radius 1 is 1.13 bits per heavy atom. The summed E-state index contributed by atoms with van der Waals surface area (Å²) in [7, 11) is 0. The van der Waals surface area contributed by atoms with Gasteiger partial charge in [-0.05, 0) is 18.6 Å². The number of nitro groups is 1. The Kier molecular flexibility index (Phi) is 4.31. The predicted octanol–water partition coefficient (Wildman–Crippen LogP) is 2.94. The van der Waals surface area contributed by atoms with Gasteiger partial charge in [0.1, 0.15) is 5.75 Å². The van der Waals surface area contributed by atoms with Crippen LogP contribution in [-0.2, 0) is 4.79 Å². The molecule has 0 saturated carbocycles. The SMILES string of the molecule is Cc1ccc(/C(=C/c2cc([N+](=O)[O-])c(O)cc2O)C(=O)O)cc1. The highest BCUT2D eigenvalue weighted by Gasteiger charge is 2.18. The summed E-state index contributed by atoms with van der Waals surface area (Å²) in [5, 5.41) is 39.4. The molecule has 118 valence electrons. The van der Waals surface area contributed by atoms with E-state index in [0.717, 1.165) is 23.8 Å². The van der Waals surface area contributed by atoms with Crippen LogP contribution in [0.25, 0.3) is 11.6 Å². The van der Waals surface area contributed by atoms with Crippen molar-refractivity contribution in [2.24, 2.45) is 0 Å². The highest BCUT2D eigenvalue weighted by atomic mass is 16.6. The molecule has 0 aliphatic carbocycles. The molecule has 0 amide bonds. The van der Waals surface area contributed by atoms with E-state index in [2.05, 4.69) is 0 Å². The quantitative estimate of drug-likeness (QED) is 0.345. The van der Waals surface area contributed by atoms with E-state index in [1.54, 1.807) is 24.3 Å². The maximum absolute atomic E-state index is 11.5. The fourth-order valence-corrected chi connectivity index (χ4v) is 2.00. The number of aliphatic carboxylic acids is 1. The van der Waals surface area contributed by atoms with Crippen molar-refractivity contribution in [3.05, 3.63) is 63.2 Å². The Hall–Kier alpha value is -3.35. The zero-order chi connectivity index (χ0) is 17.1. The molecule has 0 bridgehead atoms. The van der Waals surface area contributed by atoms with Crippen LogP contribution in [0, 0.1) is 17.0 Å². The molecule has 0 fully saturated rings. The predicted molar refractivity (Wildman–Crippen MR) is 83.1 cm³/mol. The molecule has 0 heterocycles. The van der Waals surface area contributed by atoms with Crippen molar-refractivity contribution in [2.75, 3.05) is 0 Å². The molecule has 0 saturated heterocycles. The number of benzene rings is 2. The highest BCUT2D eigenvalue weighted by molar-refractivity contribution is 6.20. The van der Waals surface area contributed by atoms with Crippen LogP contribution in [0.4, 0.5) is 5.69 Å². The van der Waals surface area contributed by atoms with Crippen LogP contribution in [0.3, 0.4) is 0 Å². The number of carboxylic acid groups (broad SMARTS) is 1. The first kappa shape index (κ1) is 16.0. The van der Waals surface area contributed by atoms with Gasteiger partial charge in [-0.2, -0.15) is 0 Å². The molecular weight excluding hydrogens is 302 g/mol. The maximum atomic E-state index is 11.5. The van der Waals surface area contributed by atoms with E-state index in [9.17, 15) is 30.2 Å². The maximum Gasteiger partial charge on any atom is 0.336 e. The number of hydrogen-bond donors (Lipinski definition) is 3. The van der Waals surface area contributed by atoms with E-state index >= 15 is 0 Å². The third kappa shape index (κ3) is 3.46. The average Bonchev–Trinajstić information content (AvgIpc) is 2.47. The number of nitro benzene ring substituents is 1. The molecular formula is C16H13NO6. The molecule has 2 aromatic carbocycles. The van der Waals surface area contributed by atoms with Crippen LogP contribution in [0.5, 0.6) is 11.5 Å². The average molecular weight is 315 g/mol. The first-order chi connectivity index (χ1) is 10.8. The van der Waals surface area contributed by atoms with E-state index in [-0.39, 0.29) is 11.1 Å². The third-order valence-electron chi connectivity index (χ3n) is 3.21. The molecule has 7 heteroatoms. The molecule has 0 atom stereocenters. The van der Waals surface area contributed by atoms with E-state index in [0.29, 0.717) is 5.56 Å². The fourth-order valence-electron chi connectivity index (χ4n) is 2.00. The summed E-state index contributed by atoms with van der Waals surface area (Å²) < 4.78 is 0. The molecule has 2 rings (SSSR count). The minimum atomic E-state index is -1.25. The molecule has 3 N–H and O–H groups in total. The van der Waals surface area contributed by atoms with Gasteiger partial charge in [-0.25, -0.2) is 4.79 Å². The van der Waals surface area contributed by atoms with Gasteiger partial charge >= 0.3 is 11.7 Å². The van der Waals surface area contributed by atoms with Gasteiger partial charge in [0.25, 0.3) is 0 Å². The van der Waals surface area contributed by atoms with Crippen LogP contribution in [0.15, 0.2) is 36.4 Å². The lowest BCUT2D eigenvalue weighted by molar-refractivity contribution is -0.385. The summed E-state index contributed by atoms with van der Waals surface area (Å²) >= 11 is 0. The summed E-state index contributed by atoms with van der Waals surface area (Å²) in [6.45, 7) is 1.85. The largest absolute Gasteiger partial charge is 0.507 e. The second-order valence-corrected chi connectivity index (χ2v) is 4.89. The van der Waals surface area contributed by atoms with Gasteiger partial charge in [0.15, 0.2) is 5.75 Å². The minimum absolute atomic E-state index is 0.0764. The smallest absolute Gasteiger partial charge is 0.336 e. The van der Waals surface area contributed by atoms with Crippen LogP contribution in [0.2, 0.25) is 0 Å². The fraction of sp³-hybridized carbons (Fsp3) is 0.0625. The normalized spacial score (nSPS) is 11.3. The summed E-state index contributed by atoms with van der Waals surface area (Å²) in [6, 6.07) is 8.37. The minimum Gasteiger partial charge on any atom is -0.507 e.